The highest BCUT2D eigenvalue weighted by atomic mass is 16.2. The first-order valence-corrected chi connectivity index (χ1v) is 8.25. The molecule has 2 aromatic carbocycles. The lowest BCUT2D eigenvalue weighted by atomic mass is 10.2. The molecule has 0 aliphatic carbocycles. The fourth-order valence-corrected chi connectivity index (χ4v) is 2.68. The van der Waals surface area contributed by atoms with Crippen LogP contribution in [0.5, 0.6) is 0 Å². The summed E-state index contributed by atoms with van der Waals surface area (Å²) in [5, 5.41) is 3.19. The summed E-state index contributed by atoms with van der Waals surface area (Å²) in [6.07, 6.45) is 0.0246. The summed E-state index contributed by atoms with van der Waals surface area (Å²) in [5.41, 5.74) is 1.27. The van der Waals surface area contributed by atoms with E-state index in [1.165, 1.54) is 0 Å². The molecular formula is C19H20N4O3. The smallest absolute Gasteiger partial charge is 0.328 e. The fraction of sp³-hybridized carbons (Fsp3) is 0.211. The van der Waals surface area contributed by atoms with Crippen LogP contribution in [0, 0.1) is 0 Å². The van der Waals surface area contributed by atoms with Crippen molar-refractivity contribution in [2.45, 2.75) is 13.0 Å². The number of nitrogens with zero attached hydrogens (tertiary/aromatic N) is 2. The van der Waals surface area contributed by atoms with Crippen molar-refractivity contribution in [3.63, 3.8) is 0 Å². The second-order valence-corrected chi connectivity index (χ2v) is 6.17. The van der Waals surface area contributed by atoms with Gasteiger partial charge < -0.3 is 15.2 Å². The lowest BCUT2D eigenvalue weighted by molar-refractivity contribution is -0.116. The second-order valence-electron chi connectivity index (χ2n) is 6.17. The Kier molecular flexibility index (Phi) is 4.88. The summed E-state index contributed by atoms with van der Waals surface area (Å²) < 4.78 is 1.05. The third-order valence-corrected chi connectivity index (χ3v) is 4.12. The molecule has 1 aromatic heterocycles. The molecule has 0 aliphatic rings. The molecule has 0 spiro atoms. The van der Waals surface area contributed by atoms with Crippen molar-refractivity contribution < 1.29 is 4.79 Å². The maximum atomic E-state index is 12.4. The van der Waals surface area contributed by atoms with E-state index in [1.54, 1.807) is 24.3 Å². The average molecular weight is 352 g/mol. The molecule has 3 aromatic rings. The predicted octanol–water partition coefficient (Wildman–Crippen LogP) is 1.78. The minimum Gasteiger partial charge on any atom is -0.378 e. The normalized spacial score (nSPS) is 10.7. The summed E-state index contributed by atoms with van der Waals surface area (Å²) >= 11 is 0. The zero-order valence-electron chi connectivity index (χ0n) is 14.7. The first-order valence-electron chi connectivity index (χ1n) is 8.25. The number of carbonyl (C=O) groups is 1. The first kappa shape index (κ1) is 17.5. The molecule has 7 heteroatoms. The summed E-state index contributed by atoms with van der Waals surface area (Å²) in [4.78, 5) is 41.3. The Bertz CT molecular complexity index is 1050. The number of fused-ring (bicyclic) bond motifs is 1. The summed E-state index contributed by atoms with van der Waals surface area (Å²) in [6.45, 7) is 0.0145. The molecule has 26 heavy (non-hydrogen) atoms. The van der Waals surface area contributed by atoms with E-state index in [1.807, 2.05) is 43.3 Å². The second kappa shape index (κ2) is 7.26. The van der Waals surface area contributed by atoms with Crippen LogP contribution in [-0.2, 0) is 11.3 Å². The monoisotopic (exact) mass is 352 g/mol. The molecule has 0 saturated carbocycles. The SMILES string of the molecule is CN(C)c1ccc(NC(=O)CCn2c(=O)[nH]c3ccccc3c2=O)cc1. The number of hydrogen-bond acceptors (Lipinski definition) is 4. The standard InChI is InChI=1S/C19H20N4O3/c1-22(2)14-9-7-13(8-10-14)20-17(24)11-12-23-18(25)15-5-3-4-6-16(15)21-19(23)26/h3-10H,11-12H2,1-2H3,(H,20,24)(H,21,26). The van der Waals surface area contributed by atoms with Gasteiger partial charge in [-0.25, -0.2) is 4.79 Å². The number of nitrogens with one attached hydrogen (secondary N) is 2. The van der Waals surface area contributed by atoms with Crippen molar-refractivity contribution in [3.8, 4) is 0 Å². The van der Waals surface area contributed by atoms with Crippen LogP contribution in [0.4, 0.5) is 11.4 Å². The maximum absolute atomic E-state index is 12.4. The summed E-state index contributed by atoms with van der Waals surface area (Å²) in [5.74, 6) is -0.262. The van der Waals surface area contributed by atoms with Gasteiger partial charge in [-0.05, 0) is 36.4 Å². The first-order chi connectivity index (χ1) is 12.5. The molecule has 0 atom stereocenters. The highest BCUT2D eigenvalue weighted by Gasteiger charge is 2.09. The number of aromatic nitrogens is 2. The number of anilines is 2. The topological polar surface area (TPSA) is 87.2 Å². The molecular weight excluding hydrogens is 332 g/mol. The zero-order chi connectivity index (χ0) is 18.7. The van der Waals surface area contributed by atoms with E-state index in [0.29, 0.717) is 16.6 Å². The largest absolute Gasteiger partial charge is 0.378 e. The van der Waals surface area contributed by atoms with E-state index in [9.17, 15) is 14.4 Å². The van der Waals surface area contributed by atoms with Crippen molar-refractivity contribution in [2.75, 3.05) is 24.3 Å². The number of carbonyl (C=O) groups excluding carboxylic acids is 1. The van der Waals surface area contributed by atoms with Gasteiger partial charge in [-0.2, -0.15) is 0 Å². The highest BCUT2D eigenvalue weighted by molar-refractivity contribution is 5.90. The molecule has 0 bridgehead atoms. The Morgan fingerprint density at radius 1 is 1.08 bits per heavy atom. The Balaban J connectivity index is 1.71. The van der Waals surface area contributed by atoms with E-state index < -0.39 is 11.2 Å². The van der Waals surface area contributed by atoms with Crippen LogP contribution in [0.3, 0.4) is 0 Å². The molecule has 0 radical (unpaired) electrons. The van der Waals surface area contributed by atoms with Gasteiger partial charge in [0.15, 0.2) is 0 Å². The highest BCUT2D eigenvalue weighted by Crippen LogP contribution is 2.15. The van der Waals surface area contributed by atoms with Gasteiger partial charge in [0.25, 0.3) is 5.56 Å². The van der Waals surface area contributed by atoms with E-state index in [4.69, 9.17) is 0 Å². The van der Waals surface area contributed by atoms with Gasteiger partial charge in [0.05, 0.1) is 10.9 Å². The molecule has 1 amide bonds. The van der Waals surface area contributed by atoms with Crippen molar-refractivity contribution in [1.29, 1.82) is 0 Å². The molecule has 0 saturated heterocycles. The van der Waals surface area contributed by atoms with Crippen LogP contribution in [0.1, 0.15) is 6.42 Å². The van der Waals surface area contributed by atoms with E-state index in [2.05, 4.69) is 10.3 Å². The third-order valence-electron chi connectivity index (χ3n) is 4.12. The molecule has 134 valence electrons. The van der Waals surface area contributed by atoms with Crippen molar-refractivity contribution in [3.05, 3.63) is 69.4 Å². The quantitative estimate of drug-likeness (QED) is 0.733. The maximum Gasteiger partial charge on any atom is 0.328 e. The van der Waals surface area contributed by atoms with Crippen LogP contribution < -0.4 is 21.5 Å². The number of benzene rings is 2. The lowest BCUT2D eigenvalue weighted by Crippen LogP contribution is -2.36. The van der Waals surface area contributed by atoms with E-state index in [0.717, 1.165) is 10.3 Å². The van der Waals surface area contributed by atoms with Gasteiger partial charge in [-0.15, -0.1) is 0 Å². The Morgan fingerprint density at radius 2 is 1.77 bits per heavy atom. The number of hydrogen-bond donors (Lipinski definition) is 2. The van der Waals surface area contributed by atoms with Crippen LogP contribution in [0.25, 0.3) is 10.9 Å². The van der Waals surface area contributed by atoms with Gasteiger partial charge in [-0.3, -0.25) is 14.2 Å². The third kappa shape index (κ3) is 3.66. The van der Waals surface area contributed by atoms with Crippen LogP contribution in [-0.4, -0.2) is 29.6 Å². The predicted molar refractivity (Wildman–Crippen MR) is 103 cm³/mol. The van der Waals surface area contributed by atoms with Crippen molar-refractivity contribution in [2.24, 2.45) is 0 Å². The summed E-state index contributed by atoms with van der Waals surface area (Å²) in [6, 6.07) is 14.2. The van der Waals surface area contributed by atoms with Gasteiger partial charge in [-0.1, -0.05) is 12.1 Å². The van der Waals surface area contributed by atoms with Gasteiger partial charge >= 0.3 is 5.69 Å². The molecule has 7 nitrogen and oxygen atoms in total. The number of para-hydroxylation sites is 1. The Labute approximate surface area is 149 Å². The molecule has 0 aliphatic heterocycles. The summed E-state index contributed by atoms with van der Waals surface area (Å²) in [7, 11) is 3.87. The molecule has 0 unspecified atom stereocenters. The molecule has 1 heterocycles. The van der Waals surface area contributed by atoms with Gasteiger partial charge in [0.1, 0.15) is 0 Å². The zero-order valence-corrected chi connectivity index (χ0v) is 14.7. The Hall–Kier alpha value is -3.35. The van der Waals surface area contributed by atoms with Gasteiger partial charge in [0.2, 0.25) is 5.91 Å². The Morgan fingerprint density at radius 3 is 2.46 bits per heavy atom. The van der Waals surface area contributed by atoms with E-state index in [-0.39, 0.29) is 18.9 Å². The minimum absolute atomic E-state index is 0.0145. The van der Waals surface area contributed by atoms with Crippen molar-refractivity contribution in [1.82, 2.24) is 9.55 Å². The minimum atomic E-state index is -0.517. The van der Waals surface area contributed by atoms with Crippen molar-refractivity contribution >= 4 is 28.2 Å². The fourth-order valence-electron chi connectivity index (χ4n) is 2.68. The molecule has 2 N–H and O–H groups in total. The van der Waals surface area contributed by atoms with Crippen LogP contribution in [0.15, 0.2) is 58.1 Å². The molecule has 0 fully saturated rings. The number of amides is 1. The van der Waals surface area contributed by atoms with Gasteiger partial charge in [0, 0.05) is 38.4 Å². The molecule has 3 rings (SSSR count). The number of H-pyrrole nitrogens is 1. The van der Waals surface area contributed by atoms with E-state index >= 15 is 0 Å². The average Bonchev–Trinajstić information content (AvgIpc) is 2.62. The van der Waals surface area contributed by atoms with Crippen LogP contribution in [0.2, 0.25) is 0 Å². The number of aromatic amines is 1. The van der Waals surface area contributed by atoms with Crippen LogP contribution >= 0.6 is 0 Å². The number of rotatable bonds is 5. The lowest BCUT2D eigenvalue weighted by Gasteiger charge is -2.13.